The number of rotatable bonds is 10. The van der Waals surface area contributed by atoms with Crippen molar-refractivity contribution in [3.63, 3.8) is 0 Å². The first-order valence-electron chi connectivity index (χ1n) is 7.75. The van der Waals surface area contributed by atoms with E-state index in [4.69, 9.17) is 4.74 Å². The fourth-order valence-corrected chi connectivity index (χ4v) is 2.22. The SMILES string of the molecule is CCCCCCCCCOc1ccc(F)cc1[C@@H](C)O. The van der Waals surface area contributed by atoms with Crippen molar-refractivity contribution in [1.29, 1.82) is 0 Å². The third kappa shape index (κ3) is 6.38. The van der Waals surface area contributed by atoms with Gasteiger partial charge in [0.05, 0.1) is 12.7 Å². The Labute approximate surface area is 122 Å². The van der Waals surface area contributed by atoms with Gasteiger partial charge in [0.15, 0.2) is 0 Å². The van der Waals surface area contributed by atoms with Gasteiger partial charge in [-0.2, -0.15) is 0 Å². The van der Waals surface area contributed by atoms with E-state index in [0.717, 1.165) is 12.8 Å². The Kier molecular flexibility index (Phi) is 8.28. The van der Waals surface area contributed by atoms with Gasteiger partial charge in [-0.1, -0.05) is 45.4 Å². The van der Waals surface area contributed by atoms with Crippen molar-refractivity contribution < 1.29 is 14.2 Å². The third-order valence-corrected chi connectivity index (χ3v) is 3.43. The number of hydrogen-bond donors (Lipinski definition) is 1. The van der Waals surface area contributed by atoms with Gasteiger partial charge in [0.25, 0.3) is 0 Å². The van der Waals surface area contributed by atoms with Crippen LogP contribution in [0.1, 0.15) is 70.5 Å². The van der Waals surface area contributed by atoms with Crippen LogP contribution < -0.4 is 4.74 Å². The Morgan fingerprint density at radius 2 is 1.75 bits per heavy atom. The van der Waals surface area contributed by atoms with Gasteiger partial charge in [-0.25, -0.2) is 4.39 Å². The van der Waals surface area contributed by atoms with Crippen molar-refractivity contribution in [3.05, 3.63) is 29.6 Å². The summed E-state index contributed by atoms with van der Waals surface area (Å²) in [6.45, 7) is 4.46. The number of unbranched alkanes of at least 4 members (excludes halogenated alkanes) is 6. The first-order valence-corrected chi connectivity index (χ1v) is 7.75. The smallest absolute Gasteiger partial charge is 0.125 e. The lowest BCUT2D eigenvalue weighted by Gasteiger charge is -2.13. The van der Waals surface area contributed by atoms with Crippen molar-refractivity contribution in [2.45, 2.75) is 64.9 Å². The second-order valence-corrected chi connectivity index (χ2v) is 5.33. The molecule has 0 amide bonds. The Balaban J connectivity index is 2.25. The summed E-state index contributed by atoms with van der Waals surface area (Å²) in [5, 5.41) is 9.61. The zero-order valence-electron chi connectivity index (χ0n) is 12.7. The summed E-state index contributed by atoms with van der Waals surface area (Å²) >= 11 is 0. The molecule has 0 aliphatic carbocycles. The first-order chi connectivity index (χ1) is 9.65. The van der Waals surface area contributed by atoms with E-state index in [2.05, 4.69) is 6.92 Å². The van der Waals surface area contributed by atoms with Crippen LogP contribution in [-0.4, -0.2) is 11.7 Å². The zero-order chi connectivity index (χ0) is 14.8. The molecule has 1 aromatic rings. The molecule has 20 heavy (non-hydrogen) atoms. The molecule has 1 N–H and O–H groups in total. The van der Waals surface area contributed by atoms with E-state index in [9.17, 15) is 9.50 Å². The molecule has 3 heteroatoms. The molecule has 2 nitrogen and oxygen atoms in total. The number of benzene rings is 1. The van der Waals surface area contributed by atoms with E-state index in [1.54, 1.807) is 13.0 Å². The minimum atomic E-state index is -0.713. The minimum Gasteiger partial charge on any atom is -0.493 e. The third-order valence-electron chi connectivity index (χ3n) is 3.43. The predicted octanol–water partition coefficient (Wildman–Crippen LogP) is 5.01. The van der Waals surface area contributed by atoms with E-state index in [-0.39, 0.29) is 5.82 Å². The molecule has 1 aromatic carbocycles. The summed E-state index contributed by atoms with van der Waals surface area (Å²) < 4.78 is 18.8. The molecular formula is C17H27FO2. The summed E-state index contributed by atoms with van der Waals surface area (Å²) in [7, 11) is 0. The molecule has 114 valence electrons. The fraction of sp³-hybridized carbons (Fsp3) is 0.647. The van der Waals surface area contributed by atoms with Crippen LogP contribution in [0.5, 0.6) is 5.75 Å². The molecule has 0 fully saturated rings. The molecule has 0 radical (unpaired) electrons. The summed E-state index contributed by atoms with van der Waals surface area (Å²) in [6.07, 6.45) is 7.91. The number of hydrogen-bond acceptors (Lipinski definition) is 2. The highest BCUT2D eigenvalue weighted by Gasteiger charge is 2.10. The second kappa shape index (κ2) is 9.76. The van der Waals surface area contributed by atoms with Gasteiger partial charge in [-0.15, -0.1) is 0 Å². The quantitative estimate of drug-likeness (QED) is 0.611. The van der Waals surface area contributed by atoms with Crippen LogP contribution in [0.4, 0.5) is 4.39 Å². The average molecular weight is 282 g/mol. The first kappa shape index (κ1) is 17.0. The van der Waals surface area contributed by atoms with Crippen molar-refractivity contribution in [1.82, 2.24) is 0 Å². The van der Waals surface area contributed by atoms with Gasteiger partial charge in [-0.05, 0) is 31.5 Å². The lowest BCUT2D eigenvalue weighted by molar-refractivity contribution is 0.190. The highest BCUT2D eigenvalue weighted by Crippen LogP contribution is 2.26. The molecule has 1 atom stereocenters. The summed E-state index contributed by atoms with van der Waals surface area (Å²) in [4.78, 5) is 0. The van der Waals surface area contributed by atoms with E-state index in [0.29, 0.717) is 17.9 Å². The van der Waals surface area contributed by atoms with Crippen molar-refractivity contribution in [2.24, 2.45) is 0 Å². The van der Waals surface area contributed by atoms with Crippen molar-refractivity contribution in [2.75, 3.05) is 6.61 Å². The molecule has 0 aliphatic rings. The summed E-state index contributed by atoms with van der Waals surface area (Å²) in [5.41, 5.74) is 0.521. The van der Waals surface area contributed by atoms with E-state index in [1.165, 1.54) is 44.2 Å². The maximum atomic E-state index is 13.1. The molecule has 0 spiro atoms. The number of aliphatic hydroxyl groups is 1. The number of halogens is 1. The van der Waals surface area contributed by atoms with Crippen LogP contribution in [0.2, 0.25) is 0 Å². The van der Waals surface area contributed by atoms with Crippen LogP contribution in [0, 0.1) is 5.82 Å². The number of ether oxygens (including phenoxy) is 1. The van der Waals surface area contributed by atoms with E-state index < -0.39 is 6.10 Å². The van der Waals surface area contributed by atoms with Gasteiger partial charge >= 0.3 is 0 Å². The molecule has 0 saturated heterocycles. The fourth-order valence-electron chi connectivity index (χ4n) is 2.22. The molecule has 0 aliphatic heterocycles. The van der Waals surface area contributed by atoms with Gasteiger partial charge < -0.3 is 9.84 Å². The number of aliphatic hydroxyl groups excluding tert-OH is 1. The molecule has 0 saturated carbocycles. The van der Waals surface area contributed by atoms with E-state index in [1.807, 2.05) is 0 Å². The Hall–Kier alpha value is -1.09. The zero-order valence-corrected chi connectivity index (χ0v) is 12.7. The van der Waals surface area contributed by atoms with Crippen LogP contribution >= 0.6 is 0 Å². The normalized spacial score (nSPS) is 12.4. The van der Waals surface area contributed by atoms with Gasteiger partial charge in [0.2, 0.25) is 0 Å². The lowest BCUT2D eigenvalue weighted by Crippen LogP contribution is -2.03. The molecule has 0 aromatic heterocycles. The van der Waals surface area contributed by atoms with E-state index >= 15 is 0 Å². The molecule has 0 unspecified atom stereocenters. The monoisotopic (exact) mass is 282 g/mol. The van der Waals surface area contributed by atoms with Gasteiger partial charge in [0.1, 0.15) is 11.6 Å². The van der Waals surface area contributed by atoms with Crippen LogP contribution in [0.3, 0.4) is 0 Å². The minimum absolute atomic E-state index is 0.343. The molecule has 0 heterocycles. The Morgan fingerprint density at radius 3 is 2.40 bits per heavy atom. The van der Waals surface area contributed by atoms with Crippen LogP contribution in [-0.2, 0) is 0 Å². The second-order valence-electron chi connectivity index (χ2n) is 5.33. The maximum absolute atomic E-state index is 13.1. The van der Waals surface area contributed by atoms with Gasteiger partial charge in [-0.3, -0.25) is 0 Å². The highest BCUT2D eigenvalue weighted by molar-refractivity contribution is 5.35. The maximum Gasteiger partial charge on any atom is 0.125 e. The average Bonchev–Trinajstić information content (AvgIpc) is 2.43. The van der Waals surface area contributed by atoms with Crippen molar-refractivity contribution >= 4 is 0 Å². The summed E-state index contributed by atoms with van der Waals surface area (Å²) in [6, 6.07) is 4.30. The predicted molar refractivity (Wildman–Crippen MR) is 80.5 cm³/mol. The largest absolute Gasteiger partial charge is 0.493 e. The van der Waals surface area contributed by atoms with Crippen LogP contribution in [0.15, 0.2) is 18.2 Å². The molecule has 0 bridgehead atoms. The van der Waals surface area contributed by atoms with Crippen LogP contribution in [0.25, 0.3) is 0 Å². The topological polar surface area (TPSA) is 29.5 Å². The standard InChI is InChI=1S/C17H27FO2/c1-3-4-5-6-7-8-9-12-20-17-11-10-15(18)13-16(17)14(2)19/h10-11,13-14,19H,3-9,12H2,1-2H3/t14-/m1/s1. The Morgan fingerprint density at radius 1 is 1.10 bits per heavy atom. The molecule has 1 rings (SSSR count). The van der Waals surface area contributed by atoms with Crippen molar-refractivity contribution in [3.8, 4) is 5.75 Å². The lowest BCUT2D eigenvalue weighted by atomic mass is 10.1. The Bertz CT molecular complexity index is 377. The van der Waals surface area contributed by atoms with Gasteiger partial charge in [0, 0.05) is 5.56 Å². The highest BCUT2D eigenvalue weighted by atomic mass is 19.1. The summed E-state index contributed by atoms with van der Waals surface area (Å²) in [5.74, 6) is 0.247. The molecular weight excluding hydrogens is 255 g/mol.